The van der Waals surface area contributed by atoms with Crippen molar-refractivity contribution in [3.8, 4) is 0 Å². The van der Waals surface area contributed by atoms with E-state index in [1.54, 1.807) is 4.68 Å². The van der Waals surface area contributed by atoms with Crippen molar-refractivity contribution in [2.24, 2.45) is 0 Å². The van der Waals surface area contributed by atoms with E-state index in [1.807, 2.05) is 13.8 Å². The van der Waals surface area contributed by atoms with Crippen LogP contribution in [0.15, 0.2) is 0 Å². The summed E-state index contributed by atoms with van der Waals surface area (Å²) >= 11 is 0. The Bertz CT molecular complexity index is 362. The number of carbonyl (C=O) groups is 1. The molecule has 0 aliphatic heterocycles. The van der Waals surface area contributed by atoms with E-state index in [-0.39, 0.29) is 13.0 Å². The lowest BCUT2D eigenvalue weighted by molar-refractivity contribution is -0.139. The van der Waals surface area contributed by atoms with Gasteiger partial charge in [-0.15, -0.1) is 0 Å². The van der Waals surface area contributed by atoms with Gasteiger partial charge in [-0.25, -0.2) is 9.67 Å². The SMILES string of the molecule is CCc1nc(CC)n(CC(O)CC(=O)O)n1. The summed E-state index contributed by atoms with van der Waals surface area (Å²) in [5.74, 6) is 0.488. The average molecular weight is 227 g/mol. The van der Waals surface area contributed by atoms with E-state index in [2.05, 4.69) is 10.1 Å². The number of carboxylic acid groups (broad SMARTS) is 1. The molecule has 0 aliphatic rings. The largest absolute Gasteiger partial charge is 0.481 e. The average Bonchev–Trinajstić information content (AvgIpc) is 2.59. The maximum atomic E-state index is 10.4. The summed E-state index contributed by atoms with van der Waals surface area (Å²) in [6.45, 7) is 4.08. The van der Waals surface area contributed by atoms with Gasteiger partial charge in [0.25, 0.3) is 0 Å². The summed E-state index contributed by atoms with van der Waals surface area (Å²) in [5.41, 5.74) is 0. The Balaban J connectivity index is 2.71. The second-order valence-corrected chi connectivity index (χ2v) is 3.59. The van der Waals surface area contributed by atoms with E-state index >= 15 is 0 Å². The number of aliphatic carboxylic acids is 1. The zero-order valence-corrected chi connectivity index (χ0v) is 9.55. The second-order valence-electron chi connectivity index (χ2n) is 3.59. The highest BCUT2D eigenvalue weighted by molar-refractivity contribution is 5.67. The molecule has 0 aromatic carbocycles. The molecule has 1 heterocycles. The third-order valence-corrected chi connectivity index (χ3v) is 2.22. The molecule has 0 saturated carbocycles. The van der Waals surface area contributed by atoms with Crippen LogP contribution in [0, 0.1) is 0 Å². The zero-order valence-electron chi connectivity index (χ0n) is 9.55. The van der Waals surface area contributed by atoms with Gasteiger partial charge in [0, 0.05) is 12.8 Å². The monoisotopic (exact) mass is 227 g/mol. The van der Waals surface area contributed by atoms with E-state index in [1.165, 1.54) is 0 Å². The van der Waals surface area contributed by atoms with Crippen LogP contribution in [0.25, 0.3) is 0 Å². The van der Waals surface area contributed by atoms with E-state index in [4.69, 9.17) is 5.11 Å². The lowest BCUT2D eigenvalue weighted by Crippen LogP contribution is -2.21. The molecule has 90 valence electrons. The number of carboxylic acids is 1. The van der Waals surface area contributed by atoms with Gasteiger partial charge in [0.15, 0.2) is 5.82 Å². The number of hydrogen-bond donors (Lipinski definition) is 2. The van der Waals surface area contributed by atoms with Gasteiger partial charge >= 0.3 is 5.97 Å². The van der Waals surface area contributed by atoms with Gasteiger partial charge in [-0.05, 0) is 0 Å². The van der Waals surface area contributed by atoms with Gasteiger partial charge in [0.1, 0.15) is 5.82 Å². The van der Waals surface area contributed by atoms with Gasteiger partial charge in [0.2, 0.25) is 0 Å². The molecule has 0 aliphatic carbocycles. The Morgan fingerprint density at radius 3 is 2.62 bits per heavy atom. The minimum atomic E-state index is -1.01. The highest BCUT2D eigenvalue weighted by atomic mass is 16.4. The molecule has 2 N–H and O–H groups in total. The van der Waals surface area contributed by atoms with Crippen LogP contribution in [0.5, 0.6) is 0 Å². The second kappa shape index (κ2) is 5.60. The number of aryl methyl sites for hydroxylation is 2. The number of hydrogen-bond acceptors (Lipinski definition) is 4. The summed E-state index contributed by atoms with van der Waals surface area (Å²) in [6, 6.07) is 0. The Morgan fingerprint density at radius 2 is 2.12 bits per heavy atom. The first-order valence-electron chi connectivity index (χ1n) is 5.39. The van der Waals surface area contributed by atoms with Crippen molar-refractivity contribution in [1.29, 1.82) is 0 Å². The van der Waals surface area contributed by atoms with Crippen LogP contribution in [0.3, 0.4) is 0 Å². The smallest absolute Gasteiger partial charge is 0.306 e. The summed E-state index contributed by atoms with van der Waals surface area (Å²) in [4.78, 5) is 14.7. The Morgan fingerprint density at radius 1 is 1.44 bits per heavy atom. The van der Waals surface area contributed by atoms with Gasteiger partial charge < -0.3 is 10.2 Å². The molecular formula is C10H17N3O3. The van der Waals surface area contributed by atoms with E-state index in [9.17, 15) is 9.90 Å². The van der Waals surface area contributed by atoms with Crippen LogP contribution >= 0.6 is 0 Å². The summed E-state index contributed by atoms with van der Waals surface area (Å²) in [6.07, 6.45) is 0.251. The van der Waals surface area contributed by atoms with Crippen LogP contribution in [-0.2, 0) is 24.2 Å². The third kappa shape index (κ3) is 3.30. The topological polar surface area (TPSA) is 88.2 Å². The standard InChI is InChI=1S/C10H17N3O3/c1-3-8-11-9(4-2)13(12-8)6-7(14)5-10(15)16/h7,14H,3-6H2,1-2H3,(H,15,16). The number of rotatable bonds is 6. The van der Waals surface area contributed by atoms with Crippen molar-refractivity contribution in [2.45, 2.75) is 45.8 Å². The lowest BCUT2D eigenvalue weighted by atomic mass is 10.2. The normalized spacial score (nSPS) is 12.7. The summed E-state index contributed by atoms with van der Waals surface area (Å²) in [7, 11) is 0. The zero-order chi connectivity index (χ0) is 12.1. The Kier molecular flexibility index (Phi) is 4.42. The fourth-order valence-corrected chi connectivity index (χ4v) is 1.45. The number of aliphatic hydroxyl groups is 1. The quantitative estimate of drug-likeness (QED) is 0.726. The van der Waals surface area contributed by atoms with Crippen molar-refractivity contribution in [3.05, 3.63) is 11.6 Å². The molecule has 1 unspecified atom stereocenters. The predicted octanol–water partition coefficient (Wildman–Crippen LogP) is 0.238. The van der Waals surface area contributed by atoms with Gasteiger partial charge in [-0.3, -0.25) is 4.79 Å². The molecule has 6 nitrogen and oxygen atoms in total. The van der Waals surface area contributed by atoms with Crippen molar-refractivity contribution < 1.29 is 15.0 Å². The van der Waals surface area contributed by atoms with Gasteiger partial charge in [-0.2, -0.15) is 5.10 Å². The first-order valence-corrected chi connectivity index (χ1v) is 5.39. The molecule has 1 rings (SSSR count). The van der Waals surface area contributed by atoms with Crippen LogP contribution < -0.4 is 0 Å². The van der Waals surface area contributed by atoms with Crippen LogP contribution in [0.2, 0.25) is 0 Å². The maximum absolute atomic E-state index is 10.4. The minimum Gasteiger partial charge on any atom is -0.481 e. The van der Waals surface area contributed by atoms with Crippen molar-refractivity contribution in [2.75, 3.05) is 0 Å². The lowest BCUT2D eigenvalue weighted by Gasteiger charge is -2.09. The third-order valence-electron chi connectivity index (χ3n) is 2.22. The van der Waals surface area contributed by atoms with E-state index in [0.717, 1.165) is 18.1 Å². The molecule has 1 aromatic heterocycles. The maximum Gasteiger partial charge on any atom is 0.306 e. The molecule has 0 saturated heterocycles. The number of nitrogens with zero attached hydrogens (tertiary/aromatic N) is 3. The van der Waals surface area contributed by atoms with Gasteiger partial charge in [0.05, 0.1) is 19.1 Å². The van der Waals surface area contributed by atoms with Crippen molar-refractivity contribution >= 4 is 5.97 Å². The molecule has 0 bridgehead atoms. The molecule has 6 heteroatoms. The van der Waals surface area contributed by atoms with Crippen molar-refractivity contribution in [1.82, 2.24) is 14.8 Å². The van der Waals surface area contributed by atoms with Crippen LogP contribution in [0.4, 0.5) is 0 Å². The number of aliphatic hydroxyl groups excluding tert-OH is 1. The highest BCUT2D eigenvalue weighted by Gasteiger charge is 2.14. The summed E-state index contributed by atoms with van der Waals surface area (Å²) < 4.78 is 1.59. The molecular weight excluding hydrogens is 210 g/mol. The molecule has 1 aromatic rings. The Hall–Kier alpha value is -1.43. The fraction of sp³-hybridized carbons (Fsp3) is 0.700. The fourth-order valence-electron chi connectivity index (χ4n) is 1.45. The van der Waals surface area contributed by atoms with Crippen molar-refractivity contribution in [3.63, 3.8) is 0 Å². The minimum absolute atomic E-state index is 0.183. The van der Waals surface area contributed by atoms with E-state index < -0.39 is 12.1 Å². The first kappa shape index (κ1) is 12.6. The predicted molar refractivity (Wildman–Crippen MR) is 57.0 cm³/mol. The molecule has 0 spiro atoms. The molecule has 16 heavy (non-hydrogen) atoms. The molecule has 1 atom stereocenters. The Labute approximate surface area is 93.9 Å². The van der Waals surface area contributed by atoms with Crippen LogP contribution in [0.1, 0.15) is 31.9 Å². The summed E-state index contributed by atoms with van der Waals surface area (Å²) in [5, 5.41) is 22.2. The van der Waals surface area contributed by atoms with Gasteiger partial charge in [-0.1, -0.05) is 13.8 Å². The van der Waals surface area contributed by atoms with Crippen LogP contribution in [-0.4, -0.2) is 37.1 Å². The number of aromatic nitrogens is 3. The molecule has 0 amide bonds. The highest BCUT2D eigenvalue weighted by Crippen LogP contribution is 2.04. The van der Waals surface area contributed by atoms with E-state index in [0.29, 0.717) is 6.42 Å². The molecule has 0 fully saturated rings. The first-order chi connectivity index (χ1) is 7.56. The molecule has 0 radical (unpaired) electrons.